The van der Waals surface area contributed by atoms with E-state index in [-0.39, 0.29) is 18.1 Å². The van der Waals surface area contributed by atoms with Gasteiger partial charge in [0.25, 0.3) is 0 Å². The molecule has 0 amide bonds. The molecule has 0 heterocycles. The Morgan fingerprint density at radius 2 is 1.69 bits per heavy atom. The Labute approximate surface area is 171 Å². The number of para-hydroxylation sites is 1. The van der Waals surface area contributed by atoms with E-state index in [2.05, 4.69) is 0 Å². The van der Waals surface area contributed by atoms with Crippen LogP contribution in [0, 0.1) is 0 Å². The number of hydrogen-bond acceptors (Lipinski definition) is 5. The number of carboxylic acid groups (broad SMARTS) is 1. The van der Waals surface area contributed by atoms with Crippen molar-refractivity contribution in [3.05, 3.63) is 72.3 Å². The number of ether oxygens (including phenoxy) is 2. The highest BCUT2D eigenvalue weighted by Gasteiger charge is 2.18. The molecule has 0 saturated heterocycles. The summed E-state index contributed by atoms with van der Waals surface area (Å²) in [7, 11) is 0. The highest BCUT2D eigenvalue weighted by Crippen LogP contribution is 2.29. The number of benzene rings is 3. The van der Waals surface area contributed by atoms with Gasteiger partial charge in [0.1, 0.15) is 35.7 Å². The number of fused-ring (bicyclic) bond motifs is 1. The van der Waals surface area contributed by atoms with Crippen molar-refractivity contribution in [2.45, 2.75) is 11.9 Å². The zero-order valence-corrected chi connectivity index (χ0v) is 16.5. The number of aliphatic hydroxyl groups excluding tert-OH is 1. The van der Waals surface area contributed by atoms with Gasteiger partial charge >= 0.3 is 5.97 Å². The number of aliphatic carboxylic acids is 1. The second-order valence-electron chi connectivity index (χ2n) is 6.48. The fourth-order valence-electron chi connectivity index (χ4n) is 2.94. The molecule has 0 saturated carbocycles. The van der Waals surface area contributed by atoms with Crippen molar-refractivity contribution in [1.82, 2.24) is 0 Å². The molecule has 29 heavy (non-hydrogen) atoms. The molecule has 0 bridgehead atoms. The highest BCUT2D eigenvalue weighted by atomic mass is 32.2. The zero-order valence-electron chi connectivity index (χ0n) is 15.7. The first kappa shape index (κ1) is 21.0. The highest BCUT2D eigenvalue weighted by molar-refractivity contribution is 7.90. The standard InChI is InChI=1S/C22H22O6S/c23-17(12-27-18-7-2-1-3-8-18)15-29(26)14-16-6-4-10-20-19(16)9-5-11-21(20)28-13-22(24)25/h1-11,17,23H,12-15H2,(H,24,25). The van der Waals surface area contributed by atoms with E-state index < -0.39 is 29.9 Å². The van der Waals surface area contributed by atoms with Crippen LogP contribution in [-0.2, 0) is 21.7 Å². The van der Waals surface area contributed by atoms with E-state index in [1.54, 1.807) is 24.3 Å². The molecule has 0 fully saturated rings. The second-order valence-corrected chi connectivity index (χ2v) is 7.98. The molecule has 6 nitrogen and oxygen atoms in total. The summed E-state index contributed by atoms with van der Waals surface area (Å²) in [4.78, 5) is 10.8. The average Bonchev–Trinajstić information content (AvgIpc) is 2.71. The Morgan fingerprint density at radius 1 is 0.966 bits per heavy atom. The van der Waals surface area contributed by atoms with Gasteiger partial charge in [-0.25, -0.2) is 4.79 Å². The van der Waals surface area contributed by atoms with E-state index in [1.807, 2.05) is 42.5 Å². The predicted molar refractivity (Wildman–Crippen MR) is 112 cm³/mol. The molecule has 0 spiro atoms. The van der Waals surface area contributed by atoms with Crippen LogP contribution >= 0.6 is 0 Å². The number of rotatable bonds is 10. The van der Waals surface area contributed by atoms with Gasteiger partial charge in [0.15, 0.2) is 6.61 Å². The molecule has 0 radical (unpaired) electrons. The van der Waals surface area contributed by atoms with Crippen LogP contribution in [0.1, 0.15) is 5.56 Å². The van der Waals surface area contributed by atoms with Crippen molar-refractivity contribution in [3.8, 4) is 11.5 Å². The quantitative estimate of drug-likeness (QED) is 0.495. The lowest BCUT2D eigenvalue weighted by molar-refractivity contribution is -0.139. The summed E-state index contributed by atoms with van der Waals surface area (Å²) in [5, 5.41) is 20.6. The Kier molecular flexibility index (Phi) is 7.35. The molecule has 2 atom stereocenters. The number of carbonyl (C=O) groups is 1. The van der Waals surface area contributed by atoms with E-state index >= 15 is 0 Å². The van der Waals surface area contributed by atoms with Crippen molar-refractivity contribution in [3.63, 3.8) is 0 Å². The van der Waals surface area contributed by atoms with Crippen LogP contribution in [0.3, 0.4) is 0 Å². The van der Waals surface area contributed by atoms with Gasteiger partial charge in [-0.2, -0.15) is 0 Å². The molecule has 0 aromatic heterocycles. The first-order chi connectivity index (χ1) is 14.0. The van der Waals surface area contributed by atoms with Gasteiger partial charge < -0.3 is 24.2 Å². The summed E-state index contributed by atoms with van der Waals surface area (Å²) in [6.45, 7) is -0.360. The van der Waals surface area contributed by atoms with Crippen LogP contribution in [0.5, 0.6) is 11.5 Å². The van der Waals surface area contributed by atoms with E-state index in [4.69, 9.17) is 14.6 Å². The third kappa shape index (κ3) is 6.12. The van der Waals surface area contributed by atoms with Crippen molar-refractivity contribution in [1.29, 1.82) is 0 Å². The van der Waals surface area contributed by atoms with Crippen molar-refractivity contribution in [2.75, 3.05) is 19.0 Å². The maximum absolute atomic E-state index is 12.6. The van der Waals surface area contributed by atoms with Crippen LogP contribution < -0.4 is 9.47 Å². The largest absolute Gasteiger partial charge is 0.616 e. The number of aliphatic hydroxyl groups is 1. The van der Waals surface area contributed by atoms with Crippen LogP contribution in [0.25, 0.3) is 10.8 Å². The number of carboxylic acids is 1. The normalized spacial score (nSPS) is 13.0. The molecule has 0 aliphatic heterocycles. The van der Waals surface area contributed by atoms with E-state index in [0.717, 1.165) is 16.3 Å². The lowest BCUT2D eigenvalue weighted by atomic mass is 10.0. The molecule has 152 valence electrons. The van der Waals surface area contributed by atoms with Gasteiger partial charge in [0.2, 0.25) is 0 Å². The minimum absolute atomic E-state index is 0.0679. The summed E-state index contributed by atoms with van der Waals surface area (Å²) in [6, 6.07) is 20.0. The van der Waals surface area contributed by atoms with Crippen molar-refractivity contribution in [2.24, 2.45) is 0 Å². The van der Waals surface area contributed by atoms with Gasteiger partial charge in [-0.1, -0.05) is 48.5 Å². The number of hydrogen-bond donors (Lipinski definition) is 2. The maximum atomic E-state index is 12.6. The topological polar surface area (TPSA) is 99.1 Å². The minimum atomic E-state index is -1.30. The summed E-state index contributed by atoms with van der Waals surface area (Å²) in [5.74, 6) is 0.431. The first-order valence-electron chi connectivity index (χ1n) is 9.09. The summed E-state index contributed by atoms with van der Waals surface area (Å²) in [5.41, 5.74) is 0.845. The van der Waals surface area contributed by atoms with Gasteiger partial charge in [0, 0.05) is 10.9 Å². The minimum Gasteiger partial charge on any atom is -0.616 e. The summed E-state index contributed by atoms with van der Waals surface area (Å²) in [6.07, 6.45) is -0.847. The third-order valence-corrected chi connectivity index (χ3v) is 5.59. The average molecular weight is 414 g/mol. The molecule has 0 aliphatic rings. The Bertz CT molecular complexity index is 946. The smallest absolute Gasteiger partial charge is 0.341 e. The molecular formula is C22H22O6S. The van der Waals surface area contributed by atoms with Gasteiger partial charge in [-0.05, 0) is 34.8 Å². The molecule has 2 unspecified atom stereocenters. The van der Waals surface area contributed by atoms with Crippen LogP contribution in [0.2, 0.25) is 0 Å². The van der Waals surface area contributed by atoms with Gasteiger partial charge in [-0.15, -0.1) is 0 Å². The SMILES string of the molecule is O=C(O)COc1cccc2c(C[S+]([O-])CC(O)COc3ccccc3)cccc12. The van der Waals surface area contributed by atoms with Gasteiger partial charge in [0.05, 0.1) is 0 Å². The molecule has 3 aromatic carbocycles. The lowest BCUT2D eigenvalue weighted by Gasteiger charge is -2.17. The Morgan fingerprint density at radius 3 is 2.45 bits per heavy atom. The van der Waals surface area contributed by atoms with Crippen LogP contribution in [0.15, 0.2) is 66.7 Å². The van der Waals surface area contributed by atoms with E-state index in [9.17, 15) is 14.5 Å². The van der Waals surface area contributed by atoms with Crippen molar-refractivity contribution < 1.29 is 29.0 Å². The maximum Gasteiger partial charge on any atom is 0.341 e. The fraction of sp³-hybridized carbons (Fsp3) is 0.227. The summed E-state index contributed by atoms with van der Waals surface area (Å²) >= 11 is -1.30. The molecule has 7 heteroatoms. The Hall–Kier alpha value is -2.74. The molecule has 3 rings (SSSR count). The lowest BCUT2D eigenvalue weighted by Crippen LogP contribution is -2.27. The monoisotopic (exact) mass is 414 g/mol. The van der Waals surface area contributed by atoms with Crippen LogP contribution in [-0.4, -0.2) is 45.8 Å². The molecule has 0 aliphatic carbocycles. The molecular weight excluding hydrogens is 392 g/mol. The first-order valence-corrected chi connectivity index (χ1v) is 10.6. The van der Waals surface area contributed by atoms with Crippen LogP contribution in [0.4, 0.5) is 0 Å². The predicted octanol–water partition coefficient (Wildman–Crippen LogP) is 2.99. The van der Waals surface area contributed by atoms with Crippen molar-refractivity contribution >= 4 is 27.9 Å². The zero-order chi connectivity index (χ0) is 20.6. The third-order valence-electron chi connectivity index (χ3n) is 4.20. The Balaban J connectivity index is 1.63. The second kappa shape index (κ2) is 10.2. The fourth-order valence-corrected chi connectivity index (χ4v) is 4.18. The van der Waals surface area contributed by atoms with E-state index in [0.29, 0.717) is 11.5 Å². The van der Waals surface area contributed by atoms with E-state index in [1.165, 1.54) is 0 Å². The molecule has 2 N–H and O–H groups in total. The van der Waals surface area contributed by atoms with Gasteiger partial charge in [-0.3, -0.25) is 0 Å². The summed E-state index contributed by atoms with van der Waals surface area (Å²) < 4.78 is 23.4. The molecule has 3 aromatic rings.